The lowest BCUT2D eigenvalue weighted by atomic mass is 9.91. The van der Waals surface area contributed by atoms with Gasteiger partial charge in [0.1, 0.15) is 0 Å². The van der Waals surface area contributed by atoms with Crippen LogP contribution in [-0.2, 0) is 0 Å². The summed E-state index contributed by atoms with van der Waals surface area (Å²) in [4.78, 5) is 2.33. The normalized spacial score (nSPS) is 11.4. The molecule has 1 nitrogen and oxygen atoms in total. The van der Waals surface area contributed by atoms with Crippen LogP contribution in [0.4, 0.5) is 17.1 Å². The Morgan fingerprint density at radius 1 is 0.277 bits per heavy atom. The van der Waals surface area contributed by atoms with E-state index < -0.39 is 0 Å². The monoisotopic (exact) mass is 597 g/mol. The van der Waals surface area contributed by atoms with Crippen molar-refractivity contribution in [3.05, 3.63) is 188 Å². The van der Waals surface area contributed by atoms with E-state index in [1.54, 1.807) is 0 Å². The van der Waals surface area contributed by atoms with Crippen LogP contribution in [0.15, 0.2) is 188 Å². The SMILES string of the molecule is c1ccc(N(c2ccc(-c3ccc4ccccc4c3)cc2)c2ccc(-c3cccc4ccc5c6ccccc6ccc5c34)cc2)cc1. The summed E-state index contributed by atoms with van der Waals surface area (Å²) in [5.74, 6) is 0. The molecule has 0 fully saturated rings. The summed E-state index contributed by atoms with van der Waals surface area (Å²) in [5, 5.41) is 10.2. The lowest BCUT2D eigenvalue weighted by molar-refractivity contribution is 1.28. The second kappa shape index (κ2) is 11.3. The largest absolute Gasteiger partial charge is 0.311 e. The van der Waals surface area contributed by atoms with Crippen LogP contribution in [0, 0.1) is 0 Å². The predicted octanol–water partition coefficient (Wildman–Crippen LogP) is 13.1. The molecule has 0 unspecified atom stereocenters. The van der Waals surface area contributed by atoms with E-state index in [1.165, 1.54) is 65.3 Å². The zero-order valence-electron chi connectivity index (χ0n) is 25.8. The lowest BCUT2D eigenvalue weighted by Crippen LogP contribution is -2.09. The number of nitrogens with zero attached hydrogens (tertiary/aromatic N) is 1. The molecular weight excluding hydrogens is 567 g/mol. The van der Waals surface area contributed by atoms with E-state index in [1.807, 2.05) is 0 Å². The topological polar surface area (TPSA) is 3.24 Å². The number of hydrogen-bond donors (Lipinski definition) is 0. The molecule has 47 heavy (non-hydrogen) atoms. The Hall–Kier alpha value is -6.18. The average molecular weight is 598 g/mol. The molecular formula is C46H31N. The number of rotatable bonds is 5. The fourth-order valence-corrected chi connectivity index (χ4v) is 7.10. The number of para-hydroxylation sites is 1. The summed E-state index contributed by atoms with van der Waals surface area (Å²) in [7, 11) is 0. The minimum absolute atomic E-state index is 1.12. The minimum Gasteiger partial charge on any atom is -0.311 e. The van der Waals surface area contributed by atoms with E-state index in [4.69, 9.17) is 0 Å². The molecule has 9 aromatic carbocycles. The van der Waals surface area contributed by atoms with Gasteiger partial charge >= 0.3 is 0 Å². The first kappa shape index (κ1) is 27.2. The van der Waals surface area contributed by atoms with Crippen molar-refractivity contribution in [2.24, 2.45) is 0 Å². The molecule has 0 saturated carbocycles. The number of benzene rings is 9. The number of anilines is 3. The van der Waals surface area contributed by atoms with Gasteiger partial charge in [-0.25, -0.2) is 0 Å². The molecule has 0 bridgehead atoms. The summed E-state index contributed by atoms with van der Waals surface area (Å²) in [5.41, 5.74) is 8.26. The number of hydrogen-bond acceptors (Lipinski definition) is 1. The molecule has 1 heteroatoms. The second-order valence-corrected chi connectivity index (χ2v) is 12.2. The fourth-order valence-electron chi connectivity index (χ4n) is 7.10. The van der Waals surface area contributed by atoms with Gasteiger partial charge in [0.05, 0.1) is 0 Å². The highest BCUT2D eigenvalue weighted by molar-refractivity contribution is 6.20. The van der Waals surface area contributed by atoms with Crippen LogP contribution in [0.25, 0.3) is 65.3 Å². The van der Waals surface area contributed by atoms with Crippen LogP contribution < -0.4 is 4.90 Å². The molecule has 0 radical (unpaired) electrons. The van der Waals surface area contributed by atoms with Gasteiger partial charge in [0.2, 0.25) is 0 Å². The van der Waals surface area contributed by atoms with Crippen molar-refractivity contribution >= 4 is 60.2 Å². The minimum atomic E-state index is 1.12. The molecule has 0 N–H and O–H groups in total. The van der Waals surface area contributed by atoms with E-state index in [9.17, 15) is 0 Å². The maximum atomic E-state index is 2.33. The van der Waals surface area contributed by atoms with Crippen molar-refractivity contribution in [1.29, 1.82) is 0 Å². The Balaban J connectivity index is 1.12. The zero-order chi connectivity index (χ0) is 31.2. The van der Waals surface area contributed by atoms with Crippen molar-refractivity contribution in [2.75, 3.05) is 4.90 Å². The second-order valence-electron chi connectivity index (χ2n) is 12.2. The van der Waals surface area contributed by atoms with Gasteiger partial charge in [-0.3, -0.25) is 0 Å². The molecule has 0 heterocycles. The highest BCUT2D eigenvalue weighted by atomic mass is 15.1. The van der Waals surface area contributed by atoms with Crippen LogP contribution in [0.1, 0.15) is 0 Å². The Labute approximate surface area is 274 Å². The molecule has 0 aliphatic heterocycles. The van der Waals surface area contributed by atoms with Gasteiger partial charge in [0.15, 0.2) is 0 Å². The maximum absolute atomic E-state index is 2.33. The van der Waals surface area contributed by atoms with Crippen molar-refractivity contribution in [3.8, 4) is 22.3 Å². The van der Waals surface area contributed by atoms with Gasteiger partial charge in [0.25, 0.3) is 0 Å². The van der Waals surface area contributed by atoms with E-state index in [0.717, 1.165) is 17.1 Å². The highest BCUT2D eigenvalue weighted by Crippen LogP contribution is 2.40. The van der Waals surface area contributed by atoms with Crippen molar-refractivity contribution in [3.63, 3.8) is 0 Å². The molecule has 0 aliphatic carbocycles. The van der Waals surface area contributed by atoms with Crippen LogP contribution >= 0.6 is 0 Å². The third kappa shape index (κ3) is 4.81. The molecule has 9 rings (SSSR count). The molecule has 0 aromatic heterocycles. The summed E-state index contributed by atoms with van der Waals surface area (Å²) < 4.78 is 0. The first-order chi connectivity index (χ1) is 23.3. The first-order valence-corrected chi connectivity index (χ1v) is 16.2. The Bertz CT molecular complexity index is 2550. The summed E-state index contributed by atoms with van der Waals surface area (Å²) in [6, 6.07) is 68.2. The van der Waals surface area contributed by atoms with E-state index in [2.05, 4.69) is 193 Å². The van der Waals surface area contributed by atoms with Crippen LogP contribution in [0.3, 0.4) is 0 Å². The first-order valence-electron chi connectivity index (χ1n) is 16.2. The predicted molar refractivity (Wildman–Crippen MR) is 202 cm³/mol. The van der Waals surface area contributed by atoms with Gasteiger partial charge in [0, 0.05) is 17.1 Å². The average Bonchev–Trinajstić information content (AvgIpc) is 3.15. The smallest absolute Gasteiger partial charge is 0.0462 e. The lowest BCUT2D eigenvalue weighted by Gasteiger charge is -2.26. The molecule has 9 aromatic rings. The summed E-state index contributed by atoms with van der Waals surface area (Å²) in [6.07, 6.45) is 0. The van der Waals surface area contributed by atoms with E-state index in [-0.39, 0.29) is 0 Å². The Morgan fingerprint density at radius 3 is 1.62 bits per heavy atom. The van der Waals surface area contributed by atoms with Crippen LogP contribution in [0.5, 0.6) is 0 Å². The van der Waals surface area contributed by atoms with Gasteiger partial charge in [-0.2, -0.15) is 0 Å². The highest BCUT2D eigenvalue weighted by Gasteiger charge is 2.15. The van der Waals surface area contributed by atoms with E-state index in [0.29, 0.717) is 0 Å². The van der Waals surface area contributed by atoms with Gasteiger partial charge in [-0.05, 0) is 108 Å². The zero-order valence-corrected chi connectivity index (χ0v) is 25.8. The van der Waals surface area contributed by atoms with Crippen LogP contribution in [0.2, 0.25) is 0 Å². The van der Waals surface area contributed by atoms with E-state index >= 15 is 0 Å². The molecule has 0 amide bonds. The van der Waals surface area contributed by atoms with Crippen molar-refractivity contribution in [2.45, 2.75) is 0 Å². The summed E-state index contributed by atoms with van der Waals surface area (Å²) >= 11 is 0. The molecule has 0 aliphatic rings. The molecule has 0 saturated heterocycles. The fraction of sp³-hybridized carbons (Fsp3) is 0. The molecule has 0 spiro atoms. The van der Waals surface area contributed by atoms with Crippen molar-refractivity contribution in [1.82, 2.24) is 0 Å². The summed E-state index contributed by atoms with van der Waals surface area (Å²) in [6.45, 7) is 0. The van der Waals surface area contributed by atoms with Crippen LogP contribution in [-0.4, -0.2) is 0 Å². The van der Waals surface area contributed by atoms with Gasteiger partial charge in [-0.1, -0.05) is 146 Å². The molecule has 0 atom stereocenters. The third-order valence-corrected chi connectivity index (χ3v) is 9.43. The number of fused-ring (bicyclic) bond motifs is 6. The van der Waals surface area contributed by atoms with Crippen molar-refractivity contribution < 1.29 is 0 Å². The molecule has 220 valence electrons. The van der Waals surface area contributed by atoms with Gasteiger partial charge in [-0.15, -0.1) is 0 Å². The standard InChI is InChI=1S/C46H31N/c1-2-13-39(14-3-1)47(40-25-19-33(20-26-40)38-18-17-32-9-4-5-11-37(32)31-38)41-27-21-35(22-28-41)43-16-8-12-36-24-29-44-42-15-7-6-10-34(42)23-30-45(44)46(36)43/h1-31H. The van der Waals surface area contributed by atoms with Gasteiger partial charge < -0.3 is 4.90 Å². The quantitative estimate of drug-likeness (QED) is 0.178. The third-order valence-electron chi connectivity index (χ3n) is 9.43. The maximum Gasteiger partial charge on any atom is 0.0462 e. The Kier molecular flexibility index (Phi) is 6.54. The Morgan fingerprint density at radius 2 is 0.830 bits per heavy atom.